The third kappa shape index (κ3) is 8.89. The minimum atomic E-state index is -4.26. The highest BCUT2D eigenvalue weighted by molar-refractivity contribution is 7.10. The molecule has 1 aromatic carbocycles. The molecular formula is C47H59F3N8O5S. The molecule has 9 rings (SSSR count). The van der Waals surface area contributed by atoms with E-state index in [0.717, 1.165) is 69.7 Å². The second-order valence-corrected chi connectivity index (χ2v) is 20.3. The fourth-order valence-electron chi connectivity index (χ4n) is 10.3. The van der Waals surface area contributed by atoms with E-state index in [1.165, 1.54) is 26.8 Å². The maximum Gasteiger partial charge on any atom is 0.401 e. The number of fused-ring (bicyclic) bond motifs is 6. The number of hydrogen-bond acceptors (Lipinski definition) is 11. The zero-order valence-electron chi connectivity index (χ0n) is 37.5. The summed E-state index contributed by atoms with van der Waals surface area (Å²) in [4.78, 5) is 55.4. The zero-order chi connectivity index (χ0) is 45.2. The third-order valence-electron chi connectivity index (χ3n) is 14.2. The lowest BCUT2D eigenvalue weighted by Gasteiger charge is -2.36. The number of aryl methyl sites for hydroxylation is 2. The van der Waals surface area contributed by atoms with Gasteiger partial charge in [-0.05, 0) is 80.2 Å². The molecule has 3 fully saturated rings. The monoisotopic (exact) mass is 904 g/mol. The number of esters is 1. The third-order valence-corrected chi connectivity index (χ3v) is 15.0. The number of aromatic nitrogens is 3. The summed E-state index contributed by atoms with van der Waals surface area (Å²) in [6, 6.07) is 4.95. The molecule has 2 N–H and O–H groups in total. The van der Waals surface area contributed by atoms with Crippen molar-refractivity contribution < 1.29 is 37.0 Å². The number of amides is 2. The summed E-state index contributed by atoms with van der Waals surface area (Å²) < 4.78 is 54.4. The van der Waals surface area contributed by atoms with Gasteiger partial charge in [0, 0.05) is 86.0 Å². The van der Waals surface area contributed by atoms with Crippen LogP contribution < -0.4 is 15.6 Å². The van der Waals surface area contributed by atoms with Gasteiger partial charge < -0.3 is 24.3 Å². The number of nitrogens with zero attached hydrogens (tertiary/aromatic N) is 6. The molecule has 0 spiro atoms. The number of hydrazine groups is 1. The molecule has 4 aliphatic heterocycles. The fraction of sp³-hybridized carbons (Fsp3) is 0.596. The number of methoxy groups -OCH3 is 1. The summed E-state index contributed by atoms with van der Waals surface area (Å²) >= 11 is 1.46. The molecule has 5 aliphatic rings. The number of pyridine rings is 1. The van der Waals surface area contributed by atoms with Gasteiger partial charge in [0.15, 0.2) is 0 Å². The first-order valence-electron chi connectivity index (χ1n) is 22.7. The number of thiazole rings is 1. The van der Waals surface area contributed by atoms with Crippen LogP contribution in [-0.2, 0) is 49.7 Å². The molecule has 6 atom stereocenters. The Balaban J connectivity index is 1.16. The maximum atomic E-state index is 14.3. The number of hydrogen-bond donors (Lipinski definition) is 2. The Bertz CT molecular complexity index is 2440. The smallest absolute Gasteiger partial charge is 0.401 e. The molecule has 344 valence electrons. The lowest BCUT2D eigenvalue weighted by molar-refractivity contribution is -0.155. The van der Waals surface area contributed by atoms with Crippen molar-refractivity contribution in [1.29, 1.82) is 0 Å². The first-order valence-corrected chi connectivity index (χ1v) is 23.6. The number of ether oxygens (including phenoxy) is 2. The van der Waals surface area contributed by atoms with Crippen LogP contribution in [-0.4, -0.2) is 113 Å². The number of piperazine rings is 1. The van der Waals surface area contributed by atoms with Gasteiger partial charge in [0.1, 0.15) is 12.1 Å². The highest BCUT2D eigenvalue weighted by Gasteiger charge is 2.49. The van der Waals surface area contributed by atoms with Crippen molar-refractivity contribution in [3.8, 4) is 22.5 Å². The van der Waals surface area contributed by atoms with E-state index in [2.05, 4.69) is 52.3 Å². The Hall–Kier alpha value is -4.58. The van der Waals surface area contributed by atoms with E-state index >= 15 is 0 Å². The summed E-state index contributed by atoms with van der Waals surface area (Å²) in [5, 5.41) is 8.36. The highest BCUT2D eigenvalue weighted by atomic mass is 32.1. The molecule has 1 unspecified atom stereocenters. The predicted molar refractivity (Wildman–Crippen MR) is 238 cm³/mol. The molecule has 2 amide bonds. The van der Waals surface area contributed by atoms with Crippen LogP contribution in [0.1, 0.15) is 81.8 Å². The van der Waals surface area contributed by atoms with Gasteiger partial charge in [-0.15, -0.1) is 11.3 Å². The Morgan fingerprint density at radius 3 is 2.56 bits per heavy atom. The van der Waals surface area contributed by atoms with E-state index < -0.39 is 36.2 Å². The largest absolute Gasteiger partial charge is 0.464 e. The van der Waals surface area contributed by atoms with Gasteiger partial charge in [0.2, 0.25) is 5.91 Å². The molecule has 1 aliphatic carbocycles. The van der Waals surface area contributed by atoms with Gasteiger partial charge in [-0.3, -0.25) is 29.3 Å². The SMILES string of the molecule is CO[C@@H](C)c1ncc(N2CCN(CC(F)(F)F)CC2)cc1-c1c2c3cc(cc4c3n1CCC4)-c1csc(n1)C[C@H](NC(=O)C1[C@@H](C)[C@H]1C)C(=O)N1CCC[C@H](N1)C(=O)OCC(C)(C)C2. The molecule has 17 heteroatoms. The normalized spacial score (nSPS) is 25.8. The number of alkyl halides is 3. The summed E-state index contributed by atoms with van der Waals surface area (Å²) in [7, 11) is 1.66. The van der Waals surface area contributed by atoms with Crippen molar-refractivity contribution in [3.05, 3.63) is 51.6 Å². The predicted octanol–water partition coefficient (Wildman–Crippen LogP) is 6.72. The molecule has 6 bridgehead atoms. The van der Waals surface area contributed by atoms with Crippen LogP contribution in [0, 0.1) is 23.2 Å². The van der Waals surface area contributed by atoms with Gasteiger partial charge in [-0.2, -0.15) is 13.2 Å². The van der Waals surface area contributed by atoms with Crippen LogP contribution in [0.4, 0.5) is 18.9 Å². The average molecular weight is 905 g/mol. The lowest BCUT2D eigenvalue weighted by Crippen LogP contribution is -2.60. The van der Waals surface area contributed by atoms with Crippen molar-refractivity contribution in [3.63, 3.8) is 0 Å². The van der Waals surface area contributed by atoms with Gasteiger partial charge in [-0.25, -0.2) is 10.4 Å². The van der Waals surface area contributed by atoms with Crippen molar-refractivity contribution in [2.45, 2.75) is 104 Å². The molecule has 3 aromatic heterocycles. The minimum absolute atomic E-state index is 0.115. The maximum absolute atomic E-state index is 14.3. The van der Waals surface area contributed by atoms with Crippen LogP contribution in [0.25, 0.3) is 33.4 Å². The van der Waals surface area contributed by atoms with Crippen LogP contribution in [0.3, 0.4) is 0 Å². The topological polar surface area (TPSA) is 134 Å². The number of rotatable bonds is 7. The number of halogens is 3. The summed E-state index contributed by atoms with van der Waals surface area (Å²) in [5.74, 6) is -0.571. The van der Waals surface area contributed by atoms with Crippen molar-refractivity contribution in [2.75, 3.05) is 57.9 Å². The zero-order valence-corrected chi connectivity index (χ0v) is 38.3. The Kier molecular flexibility index (Phi) is 12.1. The Morgan fingerprint density at radius 2 is 1.84 bits per heavy atom. The molecule has 13 nitrogen and oxygen atoms in total. The Morgan fingerprint density at radius 1 is 1.08 bits per heavy atom. The first kappa shape index (κ1) is 44.6. The van der Waals surface area contributed by atoms with E-state index in [4.69, 9.17) is 19.4 Å². The lowest BCUT2D eigenvalue weighted by atomic mass is 9.84. The molecule has 0 radical (unpaired) electrons. The number of carbonyl (C=O) groups excluding carboxylic acids is 3. The first-order chi connectivity index (χ1) is 30.5. The summed E-state index contributed by atoms with van der Waals surface area (Å²) in [5.41, 5.74) is 11.2. The van der Waals surface area contributed by atoms with Crippen LogP contribution in [0.5, 0.6) is 0 Å². The number of carbonyl (C=O) groups is 3. The molecule has 4 aromatic rings. The van der Waals surface area contributed by atoms with Gasteiger partial charge in [0.25, 0.3) is 5.91 Å². The Labute approximate surface area is 376 Å². The van der Waals surface area contributed by atoms with Gasteiger partial charge in [0.05, 0.1) is 58.7 Å². The quantitative estimate of drug-likeness (QED) is 0.193. The van der Waals surface area contributed by atoms with E-state index in [1.54, 1.807) is 7.11 Å². The van der Waals surface area contributed by atoms with Crippen molar-refractivity contribution in [2.24, 2.45) is 23.2 Å². The fourth-order valence-corrected chi connectivity index (χ4v) is 11.2. The molecule has 1 saturated carbocycles. The van der Waals surface area contributed by atoms with E-state index in [1.807, 2.05) is 32.3 Å². The van der Waals surface area contributed by atoms with Crippen LogP contribution in [0.2, 0.25) is 0 Å². The molecular weight excluding hydrogens is 846 g/mol. The van der Waals surface area contributed by atoms with Gasteiger partial charge >= 0.3 is 12.1 Å². The van der Waals surface area contributed by atoms with E-state index in [-0.39, 0.29) is 61.8 Å². The second-order valence-electron chi connectivity index (χ2n) is 19.4. The molecule has 64 heavy (non-hydrogen) atoms. The van der Waals surface area contributed by atoms with E-state index in [0.29, 0.717) is 43.9 Å². The number of cyclic esters (lactones) is 1. The van der Waals surface area contributed by atoms with Crippen molar-refractivity contribution >= 4 is 45.7 Å². The number of nitrogens with one attached hydrogen (secondary N) is 2. The summed E-state index contributed by atoms with van der Waals surface area (Å²) in [6.45, 7) is 12.0. The van der Waals surface area contributed by atoms with Crippen LogP contribution in [0.15, 0.2) is 29.8 Å². The van der Waals surface area contributed by atoms with Gasteiger partial charge in [-0.1, -0.05) is 27.7 Å². The van der Waals surface area contributed by atoms with Crippen LogP contribution >= 0.6 is 11.3 Å². The minimum Gasteiger partial charge on any atom is -0.464 e. The summed E-state index contributed by atoms with van der Waals surface area (Å²) in [6.07, 6.45) is 0.762. The standard InChI is InChI=1S/C47H59F3N8O5S/c1-26-27(2)39(26)43(59)53-36-20-38-52-37(23-64-38)30-17-29-9-7-11-57-41(29)32(18-30)34(21-46(4,5)25-63-45(61)35-10-8-12-58(54-35)44(36)60)42(57)33-19-31(22-51-40(33)28(3)62-6)56-15-13-55(14-16-56)24-47(48,49)50/h17-19,22-23,26-28,35-36,39,54H,7-16,20-21,24-25H2,1-6H3,(H,53,59)/t26-,27+,28-,35-,36-,39?/m0/s1. The number of anilines is 1. The van der Waals surface area contributed by atoms with E-state index in [9.17, 15) is 27.6 Å². The molecule has 2 saturated heterocycles. The number of benzene rings is 1. The highest BCUT2D eigenvalue weighted by Crippen LogP contribution is 2.47. The van der Waals surface area contributed by atoms with Crippen molar-refractivity contribution in [1.82, 2.24) is 35.2 Å². The average Bonchev–Trinajstić information content (AvgIpc) is 3.52. The molecule has 7 heterocycles. The second kappa shape index (κ2) is 17.3.